The zero-order valence-corrected chi connectivity index (χ0v) is 22.7. The molecular formula is C30H59N2+. The lowest BCUT2D eigenvalue weighted by molar-refractivity contribution is -0.705. The number of rotatable bonds is 23. The van der Waals surface area contributed by atoms with E-state index < -0.39 is 0 Å². The van der Waals surface area contributed by atoms with Crippen LogP contribution in [0.1, 0.15) is 168 Å². The first-order valence-corrected chi connectivity index (χ1v) is 14.8. The highest BCUT2D eigenvalue weighted by Crippen LogP contribution is 2.15. The monoisotopic (exact) mass is 447 g/mol. The molecule has 0 amide bonds. The van der Waals surface area contributed by atoms with E-state index in [-0.39, 0.29) is 0 Å². The Morgan fingerprint density at radius 1 is 0.594 bits per heavy atom. The van der Waals surface area contributed by atoms with Crippen molar-refractivity contribution < 1.29 is 4.57 Å². The van der Waals surface area contributed by atoms with Gasteiger partial charge in [-0.05, 0) is 25.7 Å². The summed E-state index contributed by atoms with van der Waals surface area (Å²) in [5.41, 5.74) is 0. The van der Waals surface area contributed by atoms with Gasteiger partial charge in [-0.3, -0.25) is 0 Å². The van der Waals surface area contributed by atoms with Gasteiger partial charge in [0.25, 0.3) is 5.82 Å². The fourth-order valence-corrected chi connectivity index (χ4v) is 5.06. The van der Waals surface area contributed by atoms with Crippen molar-refractivity contribution in [3.63, 3.8) is 0 Å². The van der Waals surface area contributed by atoms with Gasteiger partial charge < -0.3 is 0 Å². The molecule has 0 saturated carbocycles. The lowest BCUT2D eigenvalue weighted by atomic mass is 10.1. The largest absolute Gasteiger partial charge is 0.258 e. The highest BCUT2D eigenvalue weighted by atomic mass is 15.1. The summed E-state index contributed by atoms with van der Waals surface area (Å²) in [7, 11) is 0. The van der Waals surface area contributed by atoms with Gasteiger partial charge in [-0.2, -0.15) is 0 Å². The summed E-state index contributed by atoms with van der Waals surface area (Å²) in [6.45, 7) is 11.7. The molecule has 1 aromatic heterocycles. The van der Waals surface area contributed by atoms with Gasteiger partial charge in [-0.25, -0.2) is 9.13 Å². The molecule has 0 radical (unpaired) electrons. The molecule has 0 unspecified atom stereocenters. The third-order valence-electron chi connectivity index (χ3n) is 7.04. The van der Waals surface area contributed by atoms with Crippen LogP contribution in [0.2, 0.25) is 0 Å². The lowest BCUT2D eigenvalue weighted by Crippen LogP contribution is -2.38. The van der Waals surface area contributed by atoms with Crippen molar-refractivity contribution in [2.75, 3.05) is 0 Å². The number of aryl methyl sites for hydroxylation is 2. The number of nitrogens with zero attached hydrogens (tertiary/aromatic N) is 2. The van der Waals surface area contributed by atoms with E-state index >= 15 is 0 Å². The minimum atomic E-state index is 0.608. The smallest absolute Gasteiger partial charge is 0.234 e. The third kappa shape index (κ3) is 14.4. The van der Waals surface area contributed by atoms with Crippen molar-refractivity contribution in [1.29, 1.82) is 0 Å². The topological polar surface area (TPSA) is 8.81 Å². The quantitative estimate of drug-likeness (QED) is 0.117. The summed E-state index contributed by atoms with van der Waals surface area (Å²) in [5.74, 6) is 2.15. The fraction of sp³-hybridized carbons (Fsp3) is 0.900. The van der Waals surface area contributed by atoms with Crippen LogP contribution >= 0.6 is 0 Å². The highest BCUT2D eigenvalue weighted by Gasteiger charge is 2.19. The predicted molar refractivity (Wildman–Crippen MR) is 142 cm³/mol. The Bertz CT molecular complexity index is 517. The van der Waals surface area contributed by atoms with Gasteiger partial charge in [-0.1, -0.05) is 130 Å². The van der Waals surface area contributed by atoms with Crippen molar-refractivity contribution in [3.05, 3.63) is 18.2 Å². The van der Waals surface area contributed by atoms with Crippen molar-refractivity contribution >= 4 is 0 Å². The Kier molecular flexibility index (Phi) is 19.0. The molecule has 0 bridgehead atoms. The van der Waals surface area contributed by atoms with Gasteiger partial charge in [0.2, 0.25) is 0 Å². The minimum absolute atomic E-state index is 0.608. The number of hydrogen-bond donors (Lipinski definition) is 0. The van der Waals surface area contributed by atoms with Gasteiger partial charge in [0.05, 0.1) is 19.0 Å². The van der Waals surface area contributed by atoms with Gasteiger partial charge in [0.1, 0.15) is 12.4 Å². The molecule has 0 aliphatic rings. The number of imidazole rings is 1. The SMILES string of the molecule is CCCCCCCCCCCCC[n+]1ccn(CCCCCCCCCCC)c1C(C)C. The van der Waals surface area contributed by atoms with Crippen molar-refractivity contribution in [2.24, 2.45) is 0 Å². The Morgan fingerprint density at radius 3 is 1.44 bits per heavy atom. The zero-order valence-electron chi connectivity index (χ0n) is 22.7. The molecule has 0 aliphatic carbocycles. The lowest BCUT2D eigenvalue weighted by Gasteiger charge is -2.08. The van der Waals surface area contributed by atoms with Crippen LogP contribution in [0.15, 0.2) is 12.4 Å². The van der Waals surface area contributed by atoms with Gasteiger partial charge in [0.15, 0.2) is 0 Å². The van der Waals surface area contributed by atoms with E-state index in [0.29, 0.717) is 5.92 Å². The van der Waals surface area contributed by atoms with Gasteiger partial charge >= 0.3 is 0 Å². The molecule has 0 N–H and O–H groups in total. The van der Waals surface area contributed by atoms with E-state index in [4.69, 9.17) is 0 Å². The Balaban J connectivity index is 2.14. The highest BCUT2D eigenvalue weighted by molar-refractivity contribution is 4.89. The molecular weight excluding hydrogens is 388 g/mol. The van der Waals surface area contributed by atoms with Crippen molar-refractivity contribution in [1.82, 2.24) is 4.57 Å². The fourth-order valence-electron chi connectivity index (χ4n) is 5.06. The van der Waals surface area contributed by atoms with E-state index in [2.05, 4.69) is 49.2 Å². The van der Waals surface area contributed by atoms with E-state index in [0.717, 1.165) is 0 Å². The second kappa shape index (κ2) is 20.8. The summed E-state index contributed by atoms with van der Waals surface area (Å²) in [6.07, 6.45) is 33.0. The molecule has 0 fully saturated rings. The summed E-state index contributed by atoms with van der Waals surface area (Å²) in [6, 6.07) is 0. The average Bonchev–Trinajstić information content (AvgIpc) is 3.19. The number of unbranched alkanes of at least 4 members (excludes halogenated alkanes) is 18. The maximum Gasteiger partial charge on any atom is 0.258 e. The van der Waals surface area contributed by atoms with Crippen molar-refractivity contribution in [2.45, 2.75) is 175 Å². The zero-order chi connectivity index (χ0) is 23.3. The number of hydrogen-bond acceptors (Lipinski definition) is 0. The molecule has 0 aromatic carbocycles. The molecule has 1 rings (SSSR count). The number of aromatic nitrogens is 2. The van der Waals surface area contributed by atoms with E-state index in [1.807, 2.05) is 0 Å². The van der Waals surface area contributed by atoms with Crippen LogP contribution < -0.4 is 4.57 Å². The Morgan fingerprint density at radius 2 is 1.00 bits per heavy atom. The summed E-state index contributed by atoms with van der Waals surface area (Å²) < 4.78 is 5.09. The first-order chi connectivity index (χ1) is 15.7. The molecule has 0 atom stereocenters. The second-order valence-corrected chi connectivity index (χ2v) is 10.6. The molecule has 32 heavy (non-hydrogen) atoms. The van der Waals surface area contributed by atoms with Crippen LogP contribution in [-0.2, 0) is 13.1 Å². The Hall–Kier alpha value is -0.790. The van der Waals surface area contributed by atoms with E-state index in [1.165, 1.54) is 147 Å². The van der Waals surface area contributed by atoms with Crippen molar-refractivity contribution in [3.8, 4) is 0 Å². The summed E-state index contributed by atoms with van der Waals surface area (Å²) in [4.78, 5) is 0. The molecule has 0 saturated heterocycles. The molecule has 1 heterocycles. The van der Waals surface area contributed by atoms with Crippen LogP contribution in [0, 0.1) is 0 Å². The predicted octanol–water partition coefficient (Wildman–Crippen LogP) is 9.74. The normalized spacial score (nSPS) is 11.7. The summed E-state index contributed by atoms with van der Waals surface area (Å²) >= 11 is 0. The summed E-state index contributed by atoms with van der Waals surface area (Å²) in [5, 5.41) is 0. The second-order valence-electron chi connectivity index (χ2n) is 10.6. The molecule has 1 aromatic rings. The van der Waals surface area contributed by atoms with E-state index in [9.17, 15) is 0 Å². The van der Waals surface area contributed by atoms with Crippen LogP contribution in [0.25, 0.3) is 0 Å². The van der Waals surface area contributed by atoms with Crippen LogP contribution in [-0.4, -0.2) is 4.57 Å². The molecule has 2 nitrogen and oxygen atoms in total. The molecule has 0 spiro atoms. The maximum absolute atomic E-state index is 2.55. The van der Waals surface area contributed by atoms with Crippen LogP contribution in [0.3, 0.4) is 0 Å². The first kappa shape index (κ1) is 29.2. The standard InChI is InChI=1S/C30H59N2/c1-5-7-9-11-13-15-16-18-20-22-24-26-32-28-27-31(30(32)29(3)4)25-23-21-19-17-14-12-10-8-6-2/h27-29H,5-26H2,1-4H3/q+1. The third-order valence-corrected chi connectivity index (χ3v) is 7.04. The Labute approximate surface area is 202 Å². The molecule has 0 aliphatic heterocycles. The van der Waals surface area contributed by atoms with Crippen LogP contribution in [0.5, 0.6) is 0 Å². The average molecular weight is 448 g/mol. The first-order valence-electron chi connectivity index (χ1n) is 14.8. The van der Waals surface area contributed by atoms with Crippen LogP contribution in [0.4, 0.5) is 0 Å². The molecule has 2 heteroatoms. The molecule has 188 valence electrons. The minimum Gasteiger partial charge on any atom is -0.234 e. The van der Waals surface area contributed by atoms with Gasteiger partial charge in [0, 0.05) is 0 Å². The van der Waals surface area contributed by atoms with Gasteiger partial charge in [-0.15, -0.1) is 0 Å². The van der Waals surface area contributed by atoms with E-state index in [1.54, 1.807) is 0 Å². The maximum atomic E-state index is 2.55.